The van der Waals surface area contributed by atoms with Crippen LogP contribution >= 0.6 is 116 Å². The first-order valence-corrected chi connectivity index (χ1v) is 25.0. The number of hydrogen-bond acceptors (Lipinski definition) is 8. The van der Waals surface area contributed by atoms with Gasteiger partial charge in [0.05, 0.1) is 73.2 Å². The van der Waals surface area contributed by atoms with E-state index < -0.39 is 0 Å². The Morgan fingerprint density at radius 1 is 0.357 bits per heavy atom. The van der Waals surface area contributed by atoms with Crippen molar-refractivity contribution in [1.82, 2.24) is 39.9 Å². The second-order valence-corrected chi connectivity index (χ2v) is 20.6. The lowest BCUT2D eigenvalue weighted by atomic mass is 10.0. The summed E-state index contributed by atoms with van der Waals surface area (Å²) >= 11 is 71.3. The van der Waals surface area contributed by atoms with Crippen LogP contribution in [0.2, 0.25) is 50.2 Å². The molecular formula is C50H28Cl10N8O2. The van der Waals surface area contributed by atoms with Gasteiger partial charge in [-0.2, -0.15) is 0 Å². The maximum atomic E-state index is 7.47. The van der Waals surface area contributed by atoms with E-state index in [1.807, 2.05) is 100 Å². The maximum absolute atomic E-state index is 7.47. The summed E-state index contributed by atoms with van der Waals surface area (Å²) in [6.07, 6.45) is 0. The van der Waals surface area contributed by atoms with Gasteiger partial charge in [0.2, 0.25) is 0 Å². The molecule has 0 aliphatic carbocycles. The molecule has 0 saturated heterocycles. The standard InChI is InChI=1S/C50H28Cl10N8O2/c1-17(2)19-11-7-9-15-23(19)69-41-35(55)29-27(33(53)39(41)59)46-63-44-22-14-6-5-13-21(22)43(61-44)62-45-25-26(32(52)38(58)37(57)31(25)51)47(64-45)66-48-28-30(50(67-48)68-49(29)65-46)36(56)42(40(60)34(28)54)70-24-16-10-8-12-20(24)18(3)4/h5-18H,1-4H3,(H2,61,62,63,64,65,66,67,68). The molecule has 0 spiro atoms. The number of ether oxygens (including phenoxy) is 2. The molecule has 0 saturated carbocycles. The van der Waals surface area contributed by atoms with E-state index >= 15 is 0 Å². The Hall–Kier alpha value is -4.82. The monoisotopic (exact) mass is 1120 g/mol. The zero-order chi connectivity index (χ0) is 49.2. The number of para-hydroxylation sites is 2. The van der Waals surface area contributed by atoms with Crippen LogP contribution in [0.4, 0.5) is 0 Å². The highest BCUT2D eigenvalue weighted by atomic mass is 35.5. The fraction of sp³-hybridized carbons (Fsp3) is 0.120. The average molecular weight is 1130 g/mol. The predicted molar refractivity (Wildman–Crippen MR) is 287 cm³/mol. The van der Waals surface area contributed by atoms with Crippen LogP contribution in [0.3, 0.4) is 0 Å². The zero-order valence-corrected chi connectivity index (χ0v) is 43.9. The molecule has 20 heteroatoms. The molecule has 11 rings (SSSR count). The van der Waals surface area contributed by atoms with Gasteiger partial charge in [-0.25, -0.2) is 29.9 Å². The molecule has 350 valence electrons. The number of fused-ring (bicyclic) bond motifs is 20. The molecule has 10 nitrogen and oxygen atoms in total. The number of halogens is 10. The van der Waals surface area contributed by atoms with Gasteiger partial charge in [0, 0.05) is 10.8 Å². The lowest BCUT2D eigenvalue weighted by Crippen LogP contribution is -1.97. The Bertz CT molecular complexity index is 3950. The summed E-state index contributed by atoms with van der Waals surface area (Å²) in [5.41, 5.74) is 3.68. The minimum atomic E-state index is -0.0235. The lowest BCUT2D eigenvalue weighted by Gasteiger charge is -2.18. The van der Waals surface area contributed by atoms with Crippen LogP contribution < -0.4 is 9.47 Å². The highest BCUT2D eigenvalue weighted by Gasteiger charge is 2.34. The van der Waals surface area contributed by atoms with E-state index in [0.29, 0.717) is 33.6 Å². The molecule has 0 radical (unpaired) electrons. The van der Waals surface area contributed by atoms with Crippen molar-refractivity contribution >= 4 is 160 Å². The molecular weight excluding hydrogens is 1100 g/mol. The number of nitrogens with one attached hydrogen (secondary N) is 2. The third-order valence-corrected chi connectivity index (χ3v) is 16.1. The summed E-state index contributed by atoms with van der Waals surface area (Å²) in [4.78, 5) is 36.8. The molecule has 0 amide bonds. The van der Waals surface area contributed by atoms with Gasteiger partial charge in [0.1, 0.15) is 44.1 Å². The summed E-state index contributed by atoms with van der Waals surface area (Å²) in [5.74, 6) is 1.56. The van der Waals surface area contributed by atoms with Gasteiger partial charge in [0.25, 0.3) is 0 Å². The largest absolute Gasteiger partial charge is 0.454 e. The molecule has 9 aromatic rings. The third kappa shape index (κ3) is 7.52. The van der Waals surface area contributed by atoms with Crippen molar-refractivity contribution in [2.75, 3.05) is 0 Å². The molecule has 0 atom stereocenters. The van der Waals surface area contributed by atoms with Gasteiger partial charge in [0.15, 0.2) is 34.8 Å². The minimum Gasteiger partial charge on any atom is -0.454 e. The fourth-order valence-electron chi connectivity index (χ4n) is 8.59. The topological polar surface area (TPSA) is 127 Å². The maximum Gasteiger partial charge on any atom is 0.166 e. The van der Waals surface area contributed by atoms with Crippen molar-refractivity contribution in [2.24, 2.45) is 0 Å². The Morgan fingerprint density at radius 2 is 0.700 bits per heavy atom. The van der Waals surface area contributed by atoms with Crippen molar-refractivity contribution < 1.29 is 9.47 Å². The Kier molecular flexibility index (Phi) is 12.2. The summed E-state index contributed by atoms with van der Waals surface area (Å²) in [6, 6.07) is 22.5. The number of rotatable bonds is 6. The molecule has 8 bridgehead atoms. The second-order valence-electron chi connectivity index (χ2n) is 16.8. The van der Waals surface area contributed by atoms with Crippen molar-refractivity contribution in [2.45, 2.75) is 39.5 Å². The highest BCUT2D eigenvalue weighted by Crippen LogP contribution is 2.56. The van der Waals surface area contributed by atoms with E-state index in [1.165, 1.54) is 0 Å². The first-order valence-electron chi connectivity index (χ1n) is 21.3. The van der Waals surface area contributed by atoms with Crippen molar-refractivity contribution in [1.29, 1.82) is 0 Å². The van der Waals surface area contributed by atoms with Crippen LogP contribution in [0.25, 0.3) is 89.7 Å². The van der Waals surface area contributed by atoms with Gasteiger partial charge in [-0.3, -0.25) is 0 Å². The van der Waals surface area contributed by atoms with E-state index in [1.54, 1.807) is 0 Å². The quantitative estimate of drug-likeness (QED) is 0.124. The van der Waals surface area contributed by atoms with Crippen LogP contribution in [-0.2, 0) is 0 Å². The molecule has 3 aromatic heterocycles. The van der Waals surface area contributed by atoms with E-state index in [9.17, 15) is 0 Å². The molecule has 6 aromatic carbocycles. The van der Waals surface area contributed by atoms with Crippen molar-refractivity contribution in [3.8, 4) is 68.5 Å². The van der Waals surface area contributed by atoms with E-state index in [4.69, 9.17) is 155 Å². The number of hydrogen-bond donors (Lipinski definition) is 2. The van der Waals surface area contributed by atoms with E-state index in [2.05, 4.69) is 9.97 Å². The average Bonchev–Trinajstić information content (AvgIpc) is 4.10. The zero-order valence-electron chi connectivity index (χ0n) is 36.4. The number of H-pyrrole nitrogens is 2. The third-order valence-electron chi connectivity index (χ3n) is 11.9. The minimum absolute atomic E-state index is 0.00638. The number of aromatic nitrogens is 8. The summed E-state index contributed by atoms with van der Waals surface area (Å²) in [6.45, 7) is 8.18. The smallest absolute Gasteiger partial charge is 0.166 e. The number of benzene rings is 6. The number of aromatic amines is 2. The molecule has 0 fully saturated rings. The fourth-order valence-corrected chi connectivity index (χ4v) is 11.3. The van der Waals surface area contributed by atoms with Crippen molar-refractivity contribution in [3.63, 3.8) is 0 Å². The molecule has 2 N–H and O–H groups in total. The summed E-state index contributed by atoms with van der Waals surface area (Å²) in [7, 11) is 0. The Labute approximate surface area is 448 Å². The van der Waals surface area contributed by atoms with Crippen LogP contribution in [0.1, 0.15) is 50.7 Å². The molecule has 0 unspecified atom stereocenters. The summed E-state index contributed by atoms with van der Waals surface area (Å²) < 4.78 is 13.1. The van der Waals surface area contributed by atoms with E-state index in [-0.39, 0.29) is 141 Å². The number of nitrogens with zero attached hydrogens (tertiary/aromatic N) is 6. The normalized spacial score (nSPS) is 12.1. The second kappa shape index (κ2) is 18.0. The first kappa shape index (κ1) is 47.5. The SMILES string of the molecule is CC(C)c1ccccc1Oc1c(Cl)c(Cl)c2c(c1Cl)-c1nc-2nc2[nH]c(nc3nc(nc4[nH]c(n1)c1c(Cl)c(Oc5ccccc5C(C)C)c(Cl)c(Cl)c41)-c1c(Cl)c(Cl)c(Cl)c(Cl)c1-3)c1ccccc21. The van der Waals surface area contributed by atoms with Gasteiger partial charge < -0.3 is 19.4 Å². The van der Waals surface area contributed by atoms with Crippen LogP contribution in [0, 0.1) is 0 Å². The molecule has 70 heavy (non-hydrogen) atoms. The lowest BCUT2D eigenvalue weighted by molar-refractivity contribution is 0.474. The highest BCUT2D eigenvalue weighted by molar-refractivity contribution is 6.55. The van der Waals surface area contributed by atoms with Crippen LogP contribution in [-0.4, -0.2) is 39.9 Å². The summed E-state index contributed by atoms with van der Waals surface area (Å²) in [5, 5.41) is 1.93. The van der Waals surface area contributed by atoms with Crippen LogP contribution in [0.5, 0.6) is 23.0 Å². The molecule has 2 aliphatic rings. The van der Waals surface area contributed by atoms with Gasteiger partial charge in [-0.15, -0.1) is 0 Å². The molecule has 2 aliphatic heterocycles. The van der Waals surface area contributed by atoms with Gasteiger partial charge >= 0.3 is 0 Å². The Balaban J connectivity index is 1.31. The first-order chi connectivity index (χ1) is 33.5. The predicted octanol–water partition coefficient (Wildman–Crippen LogP) is 19.2. The van der Waals surface area contributed by atoms with Crippen LogP contribution in [0.15, 0.2) is 72.8 Å². The van der Waals surface area contributed by atoms with Crippen molar-refractivity contribution in [3.05, 3.63) is 134 Å². The van der Waals surface area contributed by atoms with Gasteiger partial charge in [-0.1, -0.05) is 204 Å². The Morgan fingerprint density at radius 3 is 1.16 bits per heavy atom. The van der Waals surface area contributed by atoms with Gasteiger partial charge in [-0.05, 0) is 35.1 Å². The molecule has 5 heterocycles. The van der Waals surface area contributed by atoms with E-state index in [0.717, 1.165) is 11.1 Å².